The third-order valence-electron chi connectivity index (χ3n) is 3.28. The van der Waals surface area contributed by atoms with Crippen LogP contribution in [0.1, 0.15) is 16.1 Å². The predicted molar refractivity (Wildman–Crippen MR) is 94.4 cm³/mol. The highest BCUT2D eigenvalue weighted by atomic mass is 35.5. The summed E-state index contributed by atoms with van der Waals surface area (Å²) in [4.78, 5) is 20.6. The Balaban J connectivity index is 1.64. The summed E-state index contributed by atoms with van der Waals surface area (Å²) in [6, 6.07) is 18.4. The Morgan fingerprint density at radius 3 is 2.50 bits per heavy atom. The molecule has 3 rings (SSSR count). The third kappa shape index (κ3) is 4.30. The van der Waals surface area contributed by atoms with E-state index in [4.69, 9.17) is 11.6 Å². The predicted octanol–water partition coefficient (Wildman–Crippen LogP) is 3.80. The number of hydrogen-bond acceptors (Lipinski definition) is 4. The number of hydrogen-bond donors (Lipinski definition) is 2. The van der Waals surface area contributed by atoms with E-state index in [2.05, 4.69) is 20.6 Å². The van der Waals surface area contributed by atoms with Crippen LogP contribution in [0.25, 0.3) is 0 Å². The Kier molecular flexibility index (Phi) is 5.03. The molecule has 120 valence electrons. The fourth-order valence-corrected chi connectivity index (χ4v) is 2.20. The van der Waals surface area contributed by atoms with E-state index >= 15 is 0 Å². The molecule has 0 aliphatic carbocycles. The molecule has 0 fully saturated rings. The Morgan fingerprint density at radius 2 is 1.75 bits per heavy atom. The molecule has 0 atom stereocenters. The molecule has 6 heteroatoms. The van der Waals surface area contributed by atoms with E-state index in [0.29, 0.717) is 23.2 Å². The zero-order valence-electron chi connectivity index (χ0n) is 12.7. The van der Waals surface area contributed by atoms with E-state index < -0.39 is 0 Å². The monoisotopic (exact) mass is 338 g/mol. The van der Waals surface area contributed by atoms with Gasteiger partial charge in [0.2, 0.25) is 5.95 Å². The van der Waals surface area contributed by atoms with Gasteiger partial charge in [-0.1, -0.05) is 41.9 Å². The minimum absolute atomic E-state index is 0.261. The summed E-state index contributed by atoms with van der Waals surface area (Å²) in [6.45, 7) is 0.404. The van der Waals surface area contributed by atoms with Crippen LogP contribution in [-0.2, 0) is 6.54 Å². The minimum atomic E-state index is -0.261. The maximum Gasteiger partial charge on any atom is 0.270 e. The van der Waals surface area contributed by atoms with Crippen LogP contribution in [-0.4, -0.2) is 15.9 Å². The lowest BCUT2D eigenvalue weighted by Gasteiger charge is -2.07. The molecule has 3 aromatic rings. The first-order chi connectivity index (χ1) is 11.7. The molecule has 24 heavy (non-hydrogen) atoms. The van der Waals surface area contributed by atoms with Crippen LogP contribution < -0.4 is 10.6 Å². The van der Waals surface area contributed by atoms with Gasteiger partial charge in [0.15, 0.2) is 0 Å². The Morgan fingerprint density at radius 1 is 1.00 bits per heavy atom. The van der Waals surface area contributed by atoms with Gasteiger partial charge in [0.05, 0.1) is 0 Å². The first-order valence-electron chi connectivity index (χ1n) is 7.38. The fourth-order valence-electron chi connectivity index (χ4n) is 2.07. The molecular weight excluding hydrogens is 324 g/mol. The van der Waals surface area contributed by atoms with E-state index in [1.807, 2.05) is 42.5 Å². The van der Waals surface area contributed by atoms with Crippen molar-refractivity contribution in [3.8, 4) is 0 Å². The van der Waals surface area contributed by atoms with Gasteiger partial charge in [-0.05, 0) is 35.9 Å². The van der Waals surface area contributed by atoms with Crippen molar-refractivity contribution in [3.63, 3.8) is 0 Å². The second-order valence-corrected chi connectivity index (χ2v) is 5.50. The SMILES string of the molecule is O=C(NCc1ccc(Cl)cc1)c1ccnc(Nc2ccccc2)n1. The van der Waals surface area contributed by atoms with Gasteiger partial charge in [0, 0.05) is 23.5 Å². The van der Waals surface area contributed by atoms with Gasteiger partial charge < -0.3 is 10.6 Å². The van der Waals surface area contributed by atoms with Crippen molar-refractivity contribution in [2.45, 2.75) is 6.54 Å². The van der Waals surface area contributed by atoms with Crippen LogP contribution in [0.3, 0.4) is 0 Å². The van der Waals surface area contributed by atoms with Crippen molar-refractivity contribution in [3.05, 3.63) is 83.1 Å². The number of aromatic nitrogens is 2. The normalized spacial score (nSPS) is 10.2. The highest BCUT2D eigenvalue weighted by Gasteiger charge is 2.08. The van der Waals surface area contributed by atoms with E-state index in [1.165, 1.54) is 0 Å². The summed E-state index contributed by atoms with van der Waals surface area (Å²) in [5.41, 5.74) is 2.12. The molecule has 0 unspecified atom stereocenters. The maximum atomic E-state index is 12.2. The molecule has 2 N–H and O–H groups in total. The van der Waals surface area contributed by atoms with Crippen LogP contribution in [0.4, 0.5) is 11.6 Å². The van der Waals surface area contributed by atoms with Crippen molar-refractivity contribution >= 4 is 29.1 Å². The number of carbonyl (C=O) groups excluding carboxylic acids is 1. The number of nitrogens with zero attached hydrogens (tertiary/aromatic N) is 2. The Hall–Kier alpha value is -2.92. The lowest BCUT2D eigenvalue weighted by Crippen LogP contribution is -2.24. The molecule has 1 aromatic heterocycles. The number of benzene rings is 2. The second-order valence-electron chi connectivity index (χ2n) is 5.07. The van der Waals surface area contributed by atoms with Gasteiger partial charge in [-0.2, -0.15) is 0 Å². The molecule has 0 aliphatic rings. The smallest absolute Gasteiger partial charge is 0.270 e. The molecule has 0 saturated heterocycles. The molecule has 1 amide bonds. The third-order valence-corrected chi connectivity index (χ3v) is 3.54. The Bertz CT molecular complexity index is 822. The average Bonchev–Trinajstić information content (AvgIpc) is 2.62. The number of anilines is 2. The maximum absolute atomic E-state index is 12.2. The highest BCUT2D eigenvalue weighted by molar-refractivity contribution is 6.30. The standard InChI is InChI=1S/C18H15ClN4O/c19-14-8-6-13(7-9-14)12-21-17(24)16-10-11-20-18(23-16)22-15-4-2-1-3-5-15/h1-11H,12H2,(H,21,24)(H,20,22,23). The molecule has 1 heterocycles. The van der Waals surface area contributed by atoms with E-state index in [9.17, 15) is 4.79 Å². The highest BCUT2D eigenvalue weighted by Crippen LogP contribution is 2.12. The molecule has 0 aliphatic heterocycles. The first-order valence-corrected chi connectivity index (χ1v) is 7.76. The van der Waals surface area contributed by atoms with E-state index in [-0.39, 0.29) is 5.91 Å². The number of nitrogens with one attached hydrogen (secondary N) is 2. The van der Waals surface area contributed by atoms with E-state index in [1.54, 1.807) is 24.4 Å². The largest absolute Gasteiger partial charge is 0.347 e. The molecule has 0 spiro atoms. The lowest BCUT2D eigenvalue weighted by atomic mass is 10.2. The van der Waals surface area contributed by atoms with Crippen LogP contribution in [0.5, 0.6) is 0 Å². The molecule has 5 nitrogen and oxygen atoms in total. The van der Waals surface area contributed by atoms with Gasteiger partial charge in [0.1, 0.15) is 5.69 Å². The summed E-state index contributed by atoms with van der Waals surface area (Å²) < 4.78 is 0. The molecule has 0 radical (unpaired) electrons. The Labute approximate surface area is 144 Å². The summed E-state index contributed by atoms with van der Waals surface area (Å²) >= 11 is 5.84. The topological polar surface area (TPSA) is 66.9 Å². The van der Waals surface area contributed by atoms with Crippen LogP contribution in [0.15, 0.2) is 66.9 Å². The number of carbonyl (C=O) groups is 1. The van der Waals surface area contributed by atoms with Crippen LogP contribution >= 0.6 is 11.6 Å². The number of halogens is 1. The minimum Gasteiger partial charge on any atom is -0.347 e. The van der Waals surface area contributed by atoms with Gasteiger partial charge >= 0.3 is 0 Å². The first kappa shape index (κ1) is 16.0. The average molecular weight is 339 g/mol. The molecular formula is C18H15ClN4O. The number of rotatable bonds is 5. The lowest BCUT2D eigenvalue weighted by molar-refractivity contribution is 0.0946. The van der Waals surface area contributed by atoms with Gasteiger partial charge in [0.25, 0.3) is 5.91 Å². The summed E-state index contributed by atoms with van der Waals surface area (Å²) in [6.07, 6.45) is 1.55. The zero-order valence-corrected chi connectivity index (χ0v) is 13.5. The quantitative estimate of drug-likeness (QED) is 0.742. The fraction of sp³-hybridized carbons (Fsp3) is 0.0556. The number of amides is 1. The molecule has 2 aromatic carbocycles. The van der Waals surface area contributed by atoms with Crippen molar-refractivity contribution in [2.75, 3.05) is 5.32 Å². The van der Waals surface area contributed by atoms with Gasteiger partial charge in [-0.15, -0.1) is 0 Å². The van der Waals surface area contributed by atoms with E-state index in [0.717, 1.165) is 11.3 Å². The van der Waals surface area contributed by atoms with Crippen molar-refractivity contribution in [2.24, 2.45) is 0 Å². The van der Waals surface area contributed by atoms with Gasteiger partial charge in [-0.3, -0.25) is 4.79 Å². The van der Waals surface area contributed by atoms with Crippen molar-refractivity contribution < 1.29 is 4.79 Å². The molecule has 0 bridgehead atoms. The number of para-hydroxylation sites is 1. The summed E-state index contributed by atoms with van der Waals surface area (Å²) in [7, 11) is 0. The van der Waals surface area contributed by atoms with Crippen molar-refractivity contribution in [1.82, 2.24) is 15.3 Å². The summed E-state index contributed by atoms with van der Waals surface area (Å²) in [5, 5.41) is 6.55. The summed E-state index contributed by atoms with van der Waals surface area (Å²) in [5.74, 6) is 0.115. The zero-order chi connectivity index (χ0) is 16.8. The van der Waals surface area contributed by atoms with Gasteiger partial charge in [-0.25, -0.2) is 9.97 Å². The molecule has 0 saturated carbocycles. The van der Waals surface area contributed by atoms with Crippen LogP contribution in [0.2, 0.25) is 5.02 Å². The second kappa shape index (κ2) is 7.57. The van der Waals surface area contributed by atoms with Crippen molar-refractivity contribution in [1.29, 1.82) is 0 Å². The van der Waals surface area contributed by atoms with Crippen LogP contribution in [0, 0.1) is 0 Å².